The summed E-state index contributed by atoms with van der Waals surface area (Å²) in [5.74, 6) is -4.48. The molecule has 1 aromatic carbocycles. The molecule has 0 radical (unpaired) electrons. The molecule has 22 nitrogen and oxygen atoms in total. The van der Waals surface area contributed by atoms with E-state index in [9.17, 15) is 39.1 Å². The molecule has 4 amide bonds. The predicted molar refractivity (Wildman–Crippen MR) is 238 cm³/mol. The molecule has 0 unspecified atom stereocenters. The van der Waals surface area contributed by atoms with Crippen molar-refractivity contribution in [3.8, 4) is 0 Å². The maximum Gasteiger partial charge on any atom is 0.408 e. The maximum absolute atomic E-state index is 13.4. The topological polar surface area (TPSA) is 290 Å². The third kappa shape index (κ3) is 18.5. The van der Waals surface area contributed by atoms with Crippen LogP contribution in [-0.4, -0.2) is 144 Å². The number of fused-ring (bicyclic) bond motifs is 2. The van der Waals surface area contributed by atoms with Gasteiger partial charge in [0, 0.05) is 19.4 Å². The number of nitrogens with zero attached hydrogens (tertiary/aromatic N) is 3. The van der Waals surface area contributed by atoms with E-state index in [1.165, 1.54) is 21.0 Å². The molecule has 4 N–H and O–H groups in total. The number of rotatable bonds is 25. The minimum Gasteiger partial charge on any atom is -0.467 e. The Morgan fingerprint density at radius 2 is 1.47 bits per heavy atom. The molecule has 66 heavy (non-hydrogen) atoms. The summed E-state index contributed by atoms with van der Waals surface area (Å²) in [6, 6.07) is 4.15. The zero-order valence-corrected chi connectivity index (χ0v) is 40.5. The van der Waals surface area contributed by atoms with Gasteiger partial charge < -0.3 is 59.2 Å². The average molecular weight is 950 g/mol. The van der Waals surface area contributed by atoms with Gasteiger partial charge in [0.1, 0.15) is 60.2 Å². The van der Waals surface area contributed by atoms with E-state index in [0.717, 1.165) is 12.7 Å². The first-order chi connectivity index (χ1) is 31.0. The molecular formula is C43H67N7O15Si. The maximum atomic E-state index is 13.4. The van der Waals surface area contributed by atoms with Gasteiger partial charge in [0.05, 0.1) is 34.0 Å². The van der Waals surface area contributed by atoms with Gasteiger partial charge in [0.25, 0.3) is 0 Å². The van der Waals surface area contributed by atoms with Crippen molar-refractivity contribution in [1.29, 1.82) is 0 Å². The van der Waals surface area contributed by atoms with Gasteiger partial charge in [-0.3, -0.25) is 14.4 Å². The predicted octanol–water partition coefficient (Wildman–Crippen LogP) is 3.33. The summed E-state index contributed by atoms with van der Waals surface area (Å²) in [5.41, 5.74) is 9.37. The number of hydrogen-bond acceptors (Lipinski definition) is 16. The van der Waals surface area contributed by atoms with E-state index in [0.29, 0.717) is 6.04 Å². The monoisotopic (exact) mass is 949 g/mol. The van der Waals surface area contributed by atoms with Crippen LogP contribution in [0.15, 0.2) is 35.4 Å². The third-order valence-electron chi connectivity index (χ3n) is 10.3. The summed E-state index contributed by atoms with van der Waals surface area (Å²) in [7, 11) is 0.675. The van der Waals surface area contributed by atoms with E-state index in [4.69, 9.17) is 37.9 Å². The molecule has 23 heteroatoms. The highest BCUT2D eigenvalue weighted by Gasteiger charge is 2.52. The first kappa shape index (κ1) is 55.0. The number of hydrogen-bond donors (Lipinski definition) is 4. The molecule has 368 valence electrons. The fourth-order valence-electron chi connectivity index (χ4n) is 6.76. The normalized spacial score (nSPS) is 21.3. The van der Waals surface area contributed by atoms with E-state index in [2.05, 4.69) is 50.9 Å². The molecule has 2 bridgehead atoms. The van der Waals surface area contributed by atoms with Crippen molar-refractivity contribution in [2.75, 3.05) is 27.4 Å². The van der Waals surface area contributed by atoms with Crippen molar-refractivity contribution in [3.63, 3.8) is 0 Å². The first-order valence-corrected chi connectivity index (χ1v) is 25.6. The van der Waals surface area contributed by atoms with Crippen LogP contribution in [0.5, 0.6) is 0 Å². The SMILES string of the molecule is COC(=O)[C@@H](CCC[C@H](NC(=O)CC[C@@H](NC(=O)[C@H](C)NC(=O)[C@@H](C)O[C@@H]1[C@@H](N=[N+]=[N-])[C@H]2OC[C@@H](O2)[C@H]1OCc1ccccc1)C(=O)OC)C(=O)OCC[Si](C)(C)C)NC(=O)OC(C)(C)C. The summed E-state index contributed by atoms with van der Waals surface area (Å²) < 4.78 is 44.4. The Morgan fingerprint density at radius 1 is 0.848 bits per heavy atom. The van der Waals surface area contributed by atoms with Crippen molar-refractivity contribution in [2.24, 2.45) is 5.11 Å². The number of carbonyl (C=O) groups is 7. The number of azide groups is 1. The van der Waals surface area contributed by atoms with Crippen LogP contribution in [0, 0.1) is 0 Å². The van der Waals surface area contributed by atoms with Gasteiger partial charge in [-0.1, -0.05) is 55.1 Å². The smallest absolute Gasteiger partial charge is 0.408 e. The van der Waals surface area contributed by atoms with Crippen LogP contribution >= 0.6 is 0 Å². The lowest BCUT2D eigenvalue weighted by atomic mass is 9.98. The average Bonchev–Trinajstić information content (AvgIpc) is 3.69. The number of alkyl carbamates (subject to hydrolysis) is 1. The van der Waals surface area contributed by atoms with Crippen LogP contribution in [0.2, 0.25) is 25.7 Å². The Hall–Kier alpha value is -5.32. The molecular weight excluding hydrogens is 883 g/mol. The second-order valence-electron chi connectivity index (χ2n) is 18.2. The standard InChI is InChI=1S/C43H67N7O15Si/c1-25(45-37(53)26(2)63-35-33(49-50-44)41-62-24-31(64-41)34(35)61-23-27-15-12-11-13-16-27)36(52)47-30(39(55)59-7)19-20-32(51)46-29(40(56)60-21-22-66(8,9)10)18-14-17-28(38(54)58-6)48-42(57)65-43(3,4)5/h11-13,15-16,25-26,28-31,33-35,41H,14,17-24H2,1-10H3,(H,45,53)(H,46,51)(H,47,52)(H,48,57)/t25-,26+,28+,29-,30+,31+,33+,34+,35+,41-/m0/s1. The lowest BCUT2D eigenvalue weighted by molar-refractivity contribution is -0.218. The fourth-order valence-corrected chi connectivity index (χ4v) is 7.47. The van der Waals surface area contributed by atoms with Gasteiger partial charge in [0.2, 0.25) is 17.7 Å². The van der Waals surface area contributed by atoms with Crippen LogP contribution in [0.3, 0.4) is 0 Å². The fraction of sp³-hybridized carbons (Fsp3) is 0.698. The molecule has 2 fully saturated rings. The summed E-state index contributed by atoms with van der Waals surface area (Å²) in [5, 5.41) is 14.0. The Kier molecular flexibility index (Phi) is 21.8. The van der Waals surface area contributed by atoms with Crippen LogP contribution < -0.4 is 21.3 Å². The molecule has 1 aromatic rings. The van der Waals surface area contributed by atoms with E-state index in [-0.39, 0.29) is 51.9 Å². The Bertz CT molecular complexity index is 1860. The zero-order chi connectivity index (χ0) is 49.2. The Balaban J connectivity index is 1.63. The molecule has 3 rings (SSSR count). The van der Waals surface area contributed by atoms with E-state index in [1.54, 1.807) is 20.8 Å². The highest BCUT2D eigenvalue weighted by Crippen LogP contribution is 2.35. The molecule has 2 heterocycles. The third-order valence-corrected chi connectivity index (χ3v) is 12.0. The molecule has 0 spiro atoms. The van der Waals surface area contributed by atoms with Gasteiger partial charge in [-0.2, -0.15) is 0 Å². The Labute approximate surface area is 386 Å². The van der Waals surface area contributed by atoms with Gasteiger partial charge >= 0.3 is 24.0 Å². The van der Waals surface area contributed by atoms with Crippen LogP contribution in [0.4, 0.5) is 4.79 Å². The molecule has 0 aliphatic carbocycles. The van der Waals surface area contributed by atoms with Gasteiger partial charge in [-0.05, 0) is 77.4 Å². The summed E-state index contributed by atoms with van der Waals surface area (Å²) >= 11 is 0. The zero-order valence-electron chi connectivity index (χ0n) is 39.5. The van der Waals surface area contributed by atoms with Crippen molar-refractivity contribution >= 4 is 49.8 Å². The molecule has 0 aromatic heterocycles. The lowest BCUT2D eigenvalue weighted by Gasteiger charge is -2.39. The molecule has 2 aliphatic heterocycles. The molecule has 2 aliphatic rings. The number of carbonyl (C=O) groups excluding carboxylic acids is 7. The largest absolute Gasteiger partial charge is 0.467 e. The first-order valence-electron chi connectivity index (χ1n) is 21.9. The highest BCUT2D eigenvalue weighted by atomic mass is 28.3. The van der Waals surface area contributed by atoms with Crippen LogP contribution in [-0.2, 0) is 73.3 Å². The lowest BCUT2D eigenvalue weighted by Crippen LogP contribution is -2.58. The highest BCUT2D eigenvalue weighted by molar-refractivity contribution is 6.76. The van der Waals surface area contributed by atoms with Gasteiger partial charge in [-0.25, -0.2) is 19.2 Å². The van der Waals surface area contributed by atoms with Crippen molar-refractivity contribution in [1.82, 2.24) is 21.3 Å². The summed E-state index contributed by atoms with van der Waals surface area (Å²) in [4.78, 5) is 94.1. The number of benzene rings is 1. The van der Waals surface area contributed by atoms with Crippen LogP contribution in [0.25, 0.3) is 10.4 Å². The quantitative estimate of drug-likeness (QED) is 0.0273. The number of amides is 4. The summed E-state index contributed by atoms with van der Waals surface area (Å²) in [6.07, 6.45) is -5.74. The van der Waals surface area contributed by atoms with Crippen LogP contribution in [0.1, 0.15) is 72.3 Å². The van der Waals surface area contributed by atoms with E-state index in [1.807, 2.05) is 30.3 Å². The van der Waals surface area contributed by atoms with E-state index >= 15 is 0 Å². The molecule has 2 saturated heterocycles. The van der Waals surface area contributed by atoms with E-state index < -0.39 is 116 Å². The number of nitrogens with one attached hydrogen (secondary N) is 4. The summed E-state index contributed by atoms with van der Waals surface area (Å²) in [6.45, 7) is 14.6. The minimum absolute atomic E-state index is 0.00849. The Morgan fingerprint density at radius 3 is 2.06 bits per heavy atom. The minimum atomic E-state index is -1.59. The van der Waals surface area contributed by atoms with Gasteiger partial charge in [-0.15, -0.1) is 0 Å². The second kappa shape index (κ2) is 26.1. The number of ether oxygens (including phenoxy) is 8. The number of methoxy groups -OCH3 is 2. The van der Waals surface area contributed by atoms with Crippen molar-refractivity contribution < 1.29 is 71.5 Å². The van der Waals surface area contributed by atoms with Crippen molar-refractivity contribution in [3.05, 3.63) is 46.3 Å². The second-order valence-corrected chi connectivity index (χ2v) is 23.8. The van der Waals surface area contributed by atoms with Gasteiger partial charge in [0.15, 0.2) is 6.29 Å². The number of esters is 3. The van der Waals surface area contributed by atoms with Crippen molar-refractivity contribution in [2.45, 2.75) is 166 Å². The molecule has 10 atom stereocenters. The molecule has 0 saturated carbocycles.